The van der Waals surface area contributed by atoms with Crippen LogP contribution in [0, 0.1) is 5.92 Å². The molecule has 0 bridgehead atoms. The van der Waals surface area contributed by atoms with Gasteiger partial charge in [-0.3, -0.25) is 0 Å². The van der Waals surface area contributed by atoms with E-state index in [4.69, 9.17) is 4.74 Å². The van der Waals surface area contributed by atoms with Gasteiger partial charge in [0.15, 0.2) is 0 Å². The van der Waals surface area contributed by atoms with Crippen molar-refractivity contribution < 1.29 is 9.84 Å². The Balaban J connectivity index is 1.57. The Kier molecular flexibility index (Phi) is 4.27. The monoisotopic (exact) mass is 275 g/mol. The molecule has 1 aromatic carbocycles. The van der Waals surface area contributed by atoms with E-state index in [1.54, 1.807) is 0 Å². The summed E-state index contributed by atoms with van der Waals surface area (Å²) in [6.45, 7) is 3.93. The van der Waals surface area contributed by atoms with Crippen molar-refractivity contribution in [3.8, 4) is 5.75 Å². The quantitative estimate of drug-likeness (QED) is 0.888. The highest BCUT2D eigenvalue weighted by molar-refractivity contribution is 5.40. The summed E-state index contributed by atoms with van der Waals surface area (Å²) in [5.41, 5.74) is 2.65. The van der Waals surface area contributed by atoms with E-state index < -0.39 is 0 Å². The van der Waals surface area contributed by atoms with E-state index in [9.17, 15) is 5.11 Å². The van der Waals surface area contributed by atoms with Gasteiger partial charge in [0.25, 0.3) is 0 Å². The zero-order chi connectivity index (χ0) is 13.9. The van der Waals surface area contributed by atoms with Crippen molar-refractivity contribution in [1.82, 2.24) is 5.32 Å². The molecule has 0 radical (unpaired) electrons. The third-order valence-electron chi connectivity index (χ3n) is 4.77. The number of nitrogens with one attached hydrogen (secondary N) is 1. The highest BCUT2D eigenvalue weighted by Crippen LogP contribution is 2.29. The number of ether oxygens (including phenoxy) is 1. The molecule has 0 spiro atoms. The van der Waals surface area contributed by atoms with Crippen LogP contribution in [0.25, 0.3) is 0 Å². The van der Waals surface area contributed by atoms with Gasteiger partial charge < -0.3 is 15.2 Å². The van der Waals surface area contributed by atoms with E-state index >= 15 is 0 Å². The third kappa shape index (κ3) is 2.99. The topological polar surface area (TPSA) is 41.5 Å². The van der Waals surface area contributed by atoms with Gasteiger partial charge >= 0.3 is 0 Å². The normalized spacial score (nSPS) is 26.9. The molecule has 3 atom stereocenters. The van der Waals surface area contributed by atoms with E-state index in [1.807, 2.05) is 0 Å². The van der Waals surface area contributed by atoms with Crippen LogP contribution in [0.1, 0.15) is 49.8 Å². The maximum Gasteiger partial charge on any atom is 0.122 e. The number of rotatable bonds is 4. The summed E-state index contributed by atoms with van der Waals surface area (Å²) < 4.78 is 5.55. The van der Waals surface area contributed by atoms with Gasteiger partial charge in [-0.05, 0) is 42.9 Å². The van der Waals surface area contributed by atoms with Crippen molar-refractivity contribution in [3.05, 3.63) is 29.3 Å². The first kappa shape index (κ1) is 13.9. The van der Waals surface area contributed by atoms with Crippen LogP contribution in [0.2, 0.25) is 0 Å². The second kappa shape index (κ2) is 6.15. The molecule has 0 saturated heterocycles. The number of hydrogen-bond acceptors (Lipinski definition) is 3. The van der Waals surface area contributed by atoms with Gasteiger partial charge in [0.05, 0.1) is 12.7 Å². The lowest BCUT2D eigenvalue weighted by molar-refractivity contribution is 0.0684. The van der Waals surface area contributed by atoms with Gasteiger partial charge in [-0.15, -0.1) is 0 Å². The second-order valence-electron chi connectivity index (χ2n) is 6.21. The molecule has 1 saturated carbocycles. The van der Waals surface area contributed by atoms with E-state index in [0.717, 1.165) is 38.2 Å². The summed E-state index contributed by atoms with van der Waals surface area (Å²) in [4.78, 5) is 0. The van der Waals surface area contributed by atoms with E-state index in [-0.39, 0.29) is 6.10 Å². The van der Waals surface area contributed by atoms with Crippen LogP contribution < -0.4 is 10.1 Å². The van der Waals surface area contributed by atoms with Crippen molar-refractivity contribution in [2.75, 3.05) is 13.2 Å². The number of benzene rings is 1. The molecule has 0 amide bonds. The van der Waals surface area contributed by atoms with E-state index in [0.29, 0.717) is 12.0 Å². The molecule has 3 unspecified atom stereocenters. The molecule has 3 heteroatoms. The Morgan fingerprint density at radius 3 is 3.05 bits per heavy atom. The van der Waals surface area contributed by atoms with Crippen LogP contribution in [-0.4, -0.2) is 24.4 Å². The molecule has 20 heavy (non-hydrogen) atoms. The van der Waals surface area contributed by atoms with Gasteiger partial charge in [-0.25, -0.2) is 0 Å². The lowest BCUT2D eigenvalue weighted by Gasteiger charge is -2.29. The van der Waals surface area contributed by atoms with Gasteiger partial charge in [-0.2, -0.15) is 0 Å². The van der Waals surface area contributed by atoms with E-state index in [2.05, 4.69) is 30.4 Å². The van der Waals surface area contributed by atoms with Crippen LogP contribution in [-0.2, 0) is 6.42 Å². The lowest BCUT2D eigenvalue weighted by atomic mass is 9.86. The Hall–Kier alpha value is -1.06. The van der Waals surface area contributed by atoms with Crippen LogP contribution in [0.4, 0.5) is 0 Å². The van der Waals surface area contributed by atoms with Crippen LogP contribution in [0.15, 0.2) is 18.2 Å². The first-order valence-corrected chi connectivity index (χ1v) is 7.91. The minimum Gasteiger partial charge on any atom is -0.493 e. The third-order valence-corrected chi connectivity index (χ3v) is 4.77. The minimum absolute atomic E-state index is 0.114. The molecule has 2 aliphatic rings. The summed E-state index contributed by atoms with van der Waals surface area (Å²) in [6.07, 6.45) is 5.47. The first-order chi connectivity index (χ1) is 9.74. The molecule has 3 rings (SSSR count). The Labute approximate surface area is 121 Å². The SMILES string of the molecule is CC(NCC1CCCCC1O)c1ccc2c(c1)CCO2. The Bertz CT molecular complexity index is 460. The molecule has 1 aromatic rings. The van der Waals surface area contributed by atoms with Gasteiger partial charge in [0.2, 0.25) is 0 Å². The Morgan fingerprint density at radius 1 is 1.35 bits per heavy atom. The molecule has 110 valence electrons. The van der Waals surface area contributed by atoms with E-state index in [1.165, 1.54) is 24.0 Å². The fraction of sp³-hybridized carbons (Fsp3) is 0.647. The number of aliphatic hydroxyl groups excluding tert-OH is 1. The molecule has 2 N–H and O–H groups in total. The Morgan fingerprint density at radius 2 is 2.20 bits per heavy atom. The minimum atomic E-state index is -0.114. The summed E-state index contributed by atoms with van der Waals surface area (Å²) in [7, 11) is 0. The van der Waals surface area contributed by atoms with Crippen molar-refractivity contribution in [1.29, 1.82) is 0 Å². The predicted octanol–water partition coefficient (Wildman–Crippen LogP) is 2.82. The first-order valence-electron chi connectivity index (χ1n) is 7.91. The molecule has 0 aromatic heterocycles. The van der Waals surface area contributed by atoms with Gasteiger partial charge in [0, 0.05) is 19.0 Å². The fourth-order valence-corrected chi connectivity index (χ4v) is 3.35. The maximum atomic E-state index is 10.0. The summed E-state index contributed by atoms with van der Waals surface area (Å²) >= 11 is 0. The highest BCUT2D eigenvalue weighted by atomic mass is 16.5. The van der Waals surface area contributed by atoms with Crippen LogP contribution in [0.3, 0.4) is 0 Å². The number of fused-ring (bicyclic) bond motifs is 1. The van der Waals surface area contributed by atoms with Crippen molar-refractivity contribution in [3.63, 3.8) is 0 Å². The fourth-order valence-electron chi connectivity index (χ4n) is 3.35. The zero-order valence-corrected chi connectivity index (χ0v) is 12.3. The van der Waals surface area contributed by atoms with Crippen molar-refractivity contribution >= 4 is 0 Å². The zero-order valence-electron chi connectivity index (χ0n) is 12.3. The van der Waals surface area contributed by atoms with Crippen molar-refractivity contribution in [2.45, 2.75) is 51.2 Å². The number of hydrogen-bond donors (Lipinski definition) is 2. The molecule has 3 nitrogen and oxygen atoms in total. The summed E-state index contributed by atoms with van der Waals surface area (Å²) in [5.74, 6) is 1.47. The number of aliphatic hydroxyl groups is 1. The molecule has 1 aliphatic heterocycles. The highest BCUT2D eigenvalue weighted by Gasteiger charge is 2.23. The summed E-state index contributed by atoms with van der Waals surface area (Å²) in [6, 6.07) is 6.83. The predicted molar refractivity (Wildman–Crippen MR) is 80.0 cm³/mol. The average molecular weight is 275 g/mol. The van der Waals surface area contributed by atoms with Crippen LogP contribution >= 0.6 is 0 Å². The molecule has 1 heterocycles. The smallest absolute Gasteiger partial charge is 0.122 e. The van der Waals surface area contributed by atoms with Gasteiger partial charge in [-0.1, -0.05) is 25.0 Å². The average Bonchev–Trinajstić information content (AvgIpc) is 2.93. The summed E-state index contributed by atoms with van der Waals surface area (Å²) in [5, 5.41) is 13.6. The second-order valence-corrected chi connectivity index (χ2v) is 6.21. The standard InChI is InChI=1S/C17H25NO2/c1-12(18-11-15-4-2-3-5-16(15)19)13-6-7-17-14(10-13)8-9-20-17/h6-7,10,12,15-16,18-19H,2-5,8-9,11H2,1H3. The maximum absolute atomic E-state index is 10.0. The van der Waals surface area contributed by atoms with Crippen molar-refractivity contribution in [2.24, 2.45) is 5.92 Å². The molecule has 1 aliphatic carbocycles. The van der Waals surface area contributed by atoms with Crippen LogP contribution in [0.5, 0.6) is 5.75 Å². The molecular weight excluding hydrogens is 250 g/mol. The molecule has 1 fully saturated rings. The lowest BCUT2D eigenvalue weighted by Crippen LogP contribution is -2.34. The van der Waals surface area contributed by atoms with Gasteiger partial charge in [0.1, 0.15) is 5.75 Å². The molecular formula is C17H25NO2. The largest absolute Gasteiger partial charge is 0.493 e.